The zero-order valence-corrected chi connectivity index (χ0v) is 12.4. The standard InChI is InChI=1S/C17H24N2O2/c18-9-12-7-13-5-6-14(8-12)19(13)10-15-11-20-16-3-1-2-4-17(16)21-15/h1-4,12-15H,5-11,18H2/t12?,13-,14+,15?. The second kappa shape index (κ2) is 5.50. The van der Waals surface area contributed by atoms with Crippen molar-refractivity contribution in [2.45, 2.75) is 43.9 Å². The lowest BCUT2D eigenvalue weighted by molar-refractivity contribution is 0.0216. The maximum atomic E-state index is 6.12. The molecule has 4 nitrogen and oxygen atoms in total. The highest BCUT2D eigenvalue weighted by molar-refractivity contribution is 5.40. The van der Waals surface area contributed by atoms with Gasteiger partial charge in [0, 0.05) is 18.6 Å². The van der Waals surface area contributed by atoms with Crippen LogP contribution in [-0.2, 0) is 0 Å². The van der Waals surface area contributed by atoms with E-state index in [0.717, 1.165) is 30.5 Å². The van der Waals surface area contributed by atoms with Crippen LogP contribution in [0.15, 0.2) is 24.3 Å². The van der Waals surface area contributed by atoms with Crippen LogP contribution in [0.3, 0.4) is 0 Å². The highest BCUT2D eigenvalue weighted by Gasteiger charge is 2.41. The van der Waals surface area contributed by atoms with Gasteiger partial charge in [0.15, 0.2) is 11.5 Å². The van der Waals surface area contributed by atoms with Crippen LogP contribution in [-0.4, -0.2) is 42.8 Å². The highest BCUT2D eigenvalue weighted by atomic mass is 16.6. The Bertz CT molecular complexity index is 493. The van der Waals surface area contributed by atoms with Crippen LogP contribution in [0, 0.1) is 5.92 Å². The number of rotatable bonds is 3. The van der Waals surface area contributed by atoms with Gasteiger partial charge in [-0.05, 0) is 50.3 Å². The number of hydrogen-bond acceptors (Lipinski definition) is 4. The molecule has 1 aromatic carbocycles. The van der Waals surface area contributed by atoms with Crippen molar-refractivity contribution in [3.63, 3.8) is 0 Å². The van der Waals surface area contributed by atoms with Crippen molar-refractivity contribution in [3.8, 4) is 11.5 Å². The van der Waals surface area contributed by atoms with Crippen molar-refractivity contribution in [2.75, 3.05) is 19.7 Å². The molecule has 3 heterocycles. The summed E-state index contributed by atoms with van der Waals surface area (Å²) in [6.07, 6.45) is 5.32. The molecule has 2 unspecified atom stereocenters. The Hall–Kier alpha value is -1.26. The van der Waals surface area contributed by atoms with Crippen molar-refractivity contribution < 1.29 is 9.47 Å². The first-order valence-corrected chi connectivity index (χ1v) is 8.18. The molecule has 3 aliphatic heterocycles. The van der Waals surface area contributed by atoms with E-state index in [1.165, 1.54) is 25.7 Å². The zero-order valence-electron chi connectivity index (χ0n) is 12.4. The summed E-state index contributed by atoms with van der Waals surface area (Å²) in [6.45, 7) is 2.49. The summed E-state index contributed by atoms with van der Waals surface area (Å²) < 4.78 is 12.0. The smallest absolute Gasteiger partial charge is 0.161 e. The van der Waals surface area contributed by atoms with Gasteiger partial charge < -0.3 is 15.2 Å². The van der Waals surface area contributed by atoms with Crippen LogP contribution in [0.25, 0.3) is 0 Å². The van der Waals surface area contributed by atoms with Crippen molar-refractivity contribution in [1.29, 1.82) is 0 Å². The van der Waals surface area contributed by atoms with Gasteiger partial charge in [-0.1, -0.05) is 12.1 Å². The van der Waals surface area contributed by atoms with Gasteiger partial charge >= 0.3 is 0 Å². The fraction of sp³-hybridized carbons (Fsp3) is 0.647. The third kappa shape index (κ3) is 2.51. The van der Waals surface area contributed by atoms with Gasteiger partial charge in [0.25, 0.3) is 0 Å². The van der Waals surface area contributed by atoms with E-state index in [0.29, 0.717) is 18.7 Å². The van der Waals surface area contributed by atoms with E-state index < -0.39 is 0 Å². The molecule has 0 radical (unpaired) electrons. The summed E-state index contributed by atoms with van der Waals surface area (Å²) in [5, 5.41) is 0. The lowest BCUT2D eigenvalue weighted by Gasteiger charge is -2.41. The summed E-state index contributed by atoms with van der Waals surface area (Å²) in [4.78, 5) is 2.66. The summed E-state index contributed by atoms with van der Waals surface area (Å²) in [6, 6.07) is 9.37. The minimum atomic E-state index is 0.150. The SMILES string of the molecule is NCC1C[C@H]2CC[C@@H](C1)N2CC1COc2ccccc2O1. The molecule has 2 fully saturated rings. The molecule has 4 rings (SSSR count). The normalized spacial score (nSPS) is 34.9. The van der Waals surface area contributed by atoms with Crippen molar-refractivity contribution >= 4 is 0 Å². The van der Waals surface area contributed by atoms with Crippen LogP contribution >= 0.6 is 0 Å². The summed E-state index contributed by atoms with van der Waals surface area (Å²) in [5.41, 5.74) is 5.88. The van der Waals surface area contributed by atoms with Gasteiger partial charge in [0.1, 0.15) is 12.7 Å². The molecular weight excluding hydrogens is 264 g/mol. The van der Waals surface area contributed by atoms with Crippen LogP contribution in [0.4, 0.5) is 0 Å². The number of piperidine rings is 1. The first-order chi connectivity index (χ1) is 10.3. The molecule has 0 spiro atoms. The molecule has 4 heteroatoms. The molecule has 0 aromatic heterocycles. The number of nitrogens with zero attached hydrogens (tertiary/aromatic N) is 1. The quantitative estimate of drug-likeness (QED) is 0.924. The second-order valence-electron chi connectivity index (χ2n) is 6.65. The molecule has 0 aliphatic carbocycles. The van der Waals surface area contributed by atoms with E-state index in [-0.39, 0.29) is 6.10 Å². The Morgan fingerprint density at radius 1 is 1.10 bits per heavy atom. The zero-order chi connectivity index (χ0) is 14.2. The Balaban J connectivity index is 1.42. The van der Waals surface area contributed by atoms with Gasteiger partial charge in [-0.25, -0.2) is 0 Å². The number of fused-ring (bicyclic) bond motifs is 3. The minimum Gasteiger partial charge on any atom is -0.486 e. The molecule has 0 saturated carbocycles. The molecule has 3 aliphatic rings. The van der Waals surface area contributed by atoms with Crippen molar-refractivity contribution in [3.05, 3.63) is 24.3 Å². The highest BCUT2D eigenvalue weighted by Crippen LogP contribution is 2.39. The van der Waals surface area contributed by atoms with Crippen LogP contribution in [0.1, 0.15) is 25.7 Å². The molecular formula is C17H24N2O2. The topological polar surface area (TPSA) is 47.7 Å². The van der Waals surface area contributed by atoms with E-state index >= 15 is 0 Å². The lowest BCUT2D eigenvalue weighted by atomic mass is 9.90. The fourth-order valence-corrected chi connectivity index (χ4v) is 4.27. The summed E-state index contributed by atoms with van der Waals surface area (Å²) in [5.74, 6) is 2.49. The van der Waals surface area contributed by atoms with Gasteiger partial charge in [-0.3, -0.25) is 4.90 Å². The van der Waals surface area contributed by atoms with E-state index in [2.05, 4.69) is 4.90 Å². The molecule has 2 N–H and O–H groups in total. The number of hydrogen-bond donors (Lipinski definition) is 1. The van der Waals surface area contributed by atoms with Crippen molar-refractivity contribution in [2.24, 2.45) is 11.7 Å². The van der Waals surface area contributed by atoms with Gasteiger partial charge in [-0.2, -0.15) is 0 Å². The molecule has 2 saturated heterocycles. The van der Waals surface area contributed by atoms with Gasteiger partial charge in [0.05, 0.1) is 0 Å². The predicted octanol–water partition coefficient (Wildman–Crippen LogP) is 2.03. The molecule has 114 valence electrons. The Morgan fingerprint density at radius 3 is 2.52 bits per heavy atom. The Kier molecular flexibility index (Phi) is 3.51. The predicted molar refractivity (Wildman–Crippen MR) is 81.6 cm³/mol. The largest absolute Gasteiger partial charge is 0.486 e. The lowest BCUT2D eigenvalue weighted by Crippen LogP contribution is -2.50. The maximum absolute atomic E-state index is 6.12. The Labute approximate surface area is 126 Å². The van der Waals surface area contributed by atoms with E-state index in [9.17, 15) is 0 Å². The van der Waals surface area contributed by atoms with Crippen LogP contribution in [0.5, 0.6) is 11.5 Å². The fourth-order valence-electron chi connectivity index (χ4n) is 4.27. The summed E-state index contributed by atoms with van der Waals surface area (Å²) in [7, 11) is 0. The first-order valence-electron chi connectivity index (χ1n) is 8.18. The van der Waals surface area contributed by atoms with E-state index in [1.807, 2.05) is 24.3 Å². The minimum absolute atomic E-state index is 0.150. The van der Waals surface area contributed by atoms with E-state index in [4.69, 9.17) is 15.2 Å². The molecule has 0 amide bonds. The van der Waals surface area contributed by atoms with Crippen molar-refractivity contribution in [1.82, 2.24) is 4.90 Å². The number of para-hydroxylation sites is 2. The third-order valence-electron chi connectivity index (χ3n) is 5.30. The van der Waals surface area contributed by atoms with Crippen LogP contribution in [0.2, 0.25) is 0 Å². The van der Waals surface area contributed by atoms with Gasteiger partial charge in [0.2, 0.25) is 0 Å². The summed E-state index contributed by atoms with van der Waals surface area (Å²) >= 11 is 0. The number of nitrogens with two attached hydrogens (primary N) is 1. The molecule has 4 atom stereocenters. The van der Waals surface area contributed by atoms with E-state index in [1.54, 1.807) is 0 Å². The average molecular weight is 288 g/mol. The third-order valence-corrected chi connectivity index (χ3v) is 5.30. The molecule has 1 aromatic rings. The second-order valence-corrected chi connectivity index (χ2v) is 6.65. The monoisotopic (exact) mass is 288 g/mol. The number of benzene rings is 1. The Morgan fingerprint density at radius 2 is 1.81 bits per heavy atom. The molecule has 21 heavy (non-hydrogen) atoms. The molecule has 2 bridgehead atoms. The van der Waals surface area contributed by atoms with Gasteiger partial charge in [-0.15, -0.1) is 0 Å². The number of ether oxygens (including phenoxy) is 2. The maximum Gasteiger partial charge on any atom is 0.161 e. The first kappa shape index (κ1) is 13.4. The van der Waals surface area contributed by atoms with Crippen LogP contribution < -0.4 is 15.2 Å². The average Bonchev–Trinajstić information content (AvgIpc) is 2.76.